The third-order valence-electron chi connectivity index (χ3n) is 3.72. The molecule has 0 bridgehead atoms. The van der Waals surface area contributed by atoms with Gasteiger partial charge in [0.1, 0.15) is 0 Å². The smallest absolute Gasteiger partial charge is 0.217 e. The SMILES string of the molecule is COc1ncccc1CN1CCCC(C(C)N)C1. The summed E-state index contributed by atoms with van der Waals surface area (Å²) in [5, 5.41) is 0. The maximum atomic E-state index is 6.02. The van der Waals surface area contributed by atoms with Gasteiger partial charge in [0.2, 0.25) is 5.88 Å². The fourth-order valence-electron chi connectivity index (χ4n) is 2.63. The number of hydrogen-bond donors (Lipinski definition) is 1. The summed E-state index contributed by atoms with van der Waals surface area (Å²) in [6, 6.07) is 4.33. The number of hydrogen-bond acceptors (Lipinski definition) is 4. The van der Waals surface area contributed by atoms with Gasteiger partial charge in [-0.1, -0.05) is 6.07 Å². The fraction of sp³-hybridized carbons (Fsp3) is 0.643. The summed E-state index contributed by atoms with van der Waals surface area (Å²) in [7, 11) is 1.67. The largest absolute Gasteiger partial charge is 0.481 e. The van der Waals surface area contributed by atoms with E-state index < -0.39 is 0 Å². The molecule has 1 aliphatic heterocycles. The van der Waals surface area contributed by atoms with E-state index >= 15 is 0 Å². The van der Waals surface area contributed by atoms with Gasteiger partial charge in [-0.15, -0.1) is 0 Å². The van der Waals surface area contributed by atoms with E-state index in [1.165, 1.54) is 12.8 Å². The molecule has 0 saturated carbocycles. The van der Waals surface area contributed by atoms with Crippen LogP contribution in [0.2, 0.25) is 0 Å². The highest BCUT2D eigenvalue weighted by atomic mass is 16.5. The highest BCUT2D eigenvalue weighted by Gasteiger charge is 2.23. The van der Waals surface area contributed by atoms with Gasteiger partial charge in [0.25, 0.3) is 0 Å². The Morgan fingerprint density at radius 1 is 1.61 bits per heavy atom. The number of rotatable bonds is 4. The lowest BCUT2D eigenvalue weighted by atomic mass is 9.92. The van der Waals surface area contributed by atoms with Crippen molar-refractivity contribution >= 4 is 0 Å². The van der Waals surface area contributed by atoms with Crippen LogP contribution in [0, 0.1) is 5.92 Å². The quantitative estimate of drug-likeness (QED) is 0.881. The second-order valence-corrected chi connectivity index (χ2v) is 5.17. The van der Waals surface area contributed by atoms with Crippen molar-refractivity contribution in [3.05, 3.63) is 23.9 Å². The molecule has 4 nitrogen and oxygen atoms in total. The number of pyridine rings is 1. The Hall–Kier alpha value is -1.13. The molecule has 2 rings (SSSR count). The lowest BCUT2D eigenvalue weighted by Gasteiger charge is -2.34. The molecule has 18 heavy (non-hydrogen) atoms. The van der Waals surface area contributed by atoms with Gasteiger partial charge in [-0.3, -0.25) is 4.90 Å². The van der Waals surface area contributed by atoms with Crippen LogP contribution in [0.4, 0.5) is 0 Å². The van der Waals surface area contributed by atoms with Crippen LogP contribution in [-0.4, -0.2) is 36.1 Å². The van der Waals surface area contributed by atoms with Crippen molar-refractivity contribution in [1.29, 1.82) is 0 Å². The van der Waals surface area contributed by atoms with E-state index in [1.807, 2.05) is 6.07 Å². The molecule has 2 atom stereocenters. The predicted octanol–water partition coefficient (Wildman–Crippen LogP) is 1.65. The number of nitrogens with two attached hydrogens (primary N) is 1. The zero-order chi connectivity index (χ0) is 13.0. The Kier molecular flexibility index (Phi) is 4.55. The first kappa shape index (κ1) is 13.3. The lowest BCUT2D eigenvalue weighted by molar-refractivity contribution is 0.153. The van der Waals surface area contributed by atoms with Gasteiger partial charge in [0.05, 0.1) is 7.11 Å². The Labute approximate surface area is 109 Å². The third kappa shape index (κ3) is 3.21. The molecule has 1 aromatic rings. The number of likely N-dealkylation sites (tertiary alicyclic amines) is 1. The highest BCUT2D eigenvalue weighted by Crippen LogP contribution is 2.22. The normalized spacial score (nSPS) is 22.7. The second kappa shape index (κ2) is 6.16. The van der Waals surface area contributed by atoms with Crippen LogP contribution in [0.1, 0.15) is 25.3 Å². The zero-order valence-electron chi connectivity index (χ0n) is 11.3. The molecule has 1 aliphatic rings. The van der Waals surface area contributed by atoms with Crippen LogP contribution >= 0.6 is 0 Å². The van der Waals surface area contributed by atoms with Crippen LogP contribution < -0.4 is 10.5 Å². The molecule has 0 aliphatic carbocycles. The molecule has 0 spiro atoms. The summed E-state index contributed by atoms with van der Waals surface area (Å²) in [6.45, 7) is 5.23. The van der Waals surface area contributed by atoms with Crippen LogP contribution in [0.15, 0.2) is 18.3 Å². The summed E-state index contributed by atoms with van der Waals surface area (Å²) in [4.78, 5) is 6.70. The first-order valence-electron chi connectivity index (χ1n) is 6.66. The molecular formula is C14H23N3O. The topological polar surface area (TPSA) is 51.4 Å². The van der Waals surface area contributed by atoms with Crippen LogP contribution in [0.5, 0.6) is 5.88 Å². The summed E-state index contributed by atoms with van der Waals surface area (Å²) >= 11 is 0. The van der Waals surface area contributed by atoms with E-state index in [-0.39, 0.29) is 6.04 Å². The third-order valence-corrected chi connectivity index (χ3v) is 3.72. The Bertz CT molecular complexity index is 381. The summed E-state index contributed by atoms with van der Waals surface area (Å²) < 4.78 is 5.30. The van der Waals surface area contributed by atoms with Crippen LogP contribution in [0.3, 0.4) is 0 Å². The molecule has 4 heteroatoms. The average molecular weight is 249 g/mol. The monoisotopic (exact) mass is 249 g/mol. The van der Waals surface area contributed by atoms with Crippen molar-refractivity contribution in [2.24, 2.45) is 11.7 Å². The minimum Gasteiger partial charge on any atom is -0.481 e. The van der Waals surface area contributed by atoms with Gasteiger partial charge < -0.3 is 10.5 Å². The van der Waals surface area contributed by atoms with E-state index in [0.717, 1.165) is 31.1 Å². The van der Waals surface area contributed by atoms with Gasteiger partial charge in [-0.05, 0) is 38.3 Å². The molecule has 0 amide bonds. The standard InChI is InChI=1S/C14H23N3O/c1-11(15)12-6-4-8-17(9-12)10-13-5-3-7-16-14(13)18-2/h3,5,7,11-12H,4,6,8-10,15H2,1-2H3. The Balaban J connectivity index is 2.00. The fourth-order valence-corrected chi connectivity index (χ4v) is 2.63. The zero-order valence-corrected chi connectivity index (χ0v) is 11.3. The van der Waals surface area contributed by atoms with Crippen molar-refractivity contribution < 1.29 is 4.74 Å². The van der Waals surface area contributed by atoms with E-state index in [0.29, 0.717) is 5.92 Å². The van der Waals surface area contributed by atoms with Gasteiger partial charge in [0.15, 0.2) is 0 Å². The van der Waals surface area contributed by atoms with Gasteiger partial charge in [0, 0.05) is 30.9 Å². The minimum absolute atomic E-state index is 0.281. The number of piperidine rings is 1. The van der Waals surface area contributed by atoms with Crippen molar-refractivity contribution in [1.82, 2.24) is 9.88 Å². The number of methoxy groups -OCH3 is 1. The van der Waals surface area contributed by atoms with Crippen molar-refractivity contribution in [3.8, 4) is 5.88 Å². The molecule has 2 N–H and O–H groups in total. The first-order valence-corrected chi connectivity index (χ1v) is 6.66. The molecule has 0 radical (unpaired) electrons. The first-order chi connectivity index (χ1) is 8.70. The van der Waals surface area contributed by atoms with E-state index in [9.17, 15) is 0 Å². The highest BCUT2D eigenvalue weighted by molar-refractivity contribution is 5.25. The van der Waals surface area contributed by atoms with E-state index in [2.05, 4.69) is 22.9 Å². The van der Waals surface area contributed by atoms with Crippen molar-refractivity contribution in [2.45, 2.75) is 32.4 Å². The second-order valence-electron chi connectivity index (χ2n) is 5.17. The average Bonchev–Trinajstić information content (AvgIpc) is 2.39. The van der Waals surface area contributed by atoms with Gasteiger partial charge in [-0.25, -0.2) is 4.98 Å². The predicted molar refractivity (Wildman–Crippen MR) is 72.4 cm³/mol. The lowest BCUT2D eigenvalue weighted by Crippen LogP contribution is -2.41. The van der Waals surface area contributed by atoms with Crippen LogP contribution in [-0.2, 0) is 6.54 Å². The summed E-state index contributed by atoms with van der Waals surface area (Å²) in [5.74, 6) is 1.35. The van der Waals surface area contributed by atoms with E-state index in [4.69, 9.17) is 10.5 Å². The molecule has 1 fully saturated rings. The van der Waals surface area contributed by atoms with Crippen molar-refractivity contribution in [3.63, 3.8) is 0 Å². The Morgan fingerprint density at radius 2 is 2.44 bits per heavy atom. The molecule has 100 valence electrons. The molecule has 2 unspecified atom stereocenters. The maximum absolute atomic E-state index is 6.02. The van der Waals surface area contributed by atoms with Crippen LogP contribution in [0.25, 0.3) is 0 Å². The van der Waals surface area contributed by atoms with Gasteiger partial charge in [-0.2, -0.15) is 0 Å². The summed E-state index contributed by atoms with van der Waals surface area (Å²) in [5.41, 5.74) is 7.17. The minimum atomic E-state index is 0.281. The number of ether oxygens (including phenoxy) is 1. The molecule has 1 saturated heterocycles. The number of aromatic nitrogens is 1. The molecular weight excluding hydrogens is 226 g/mol. The van der Waals surface area contributed by atoms with Crippen molar-refractivity contribution in [2.75, 3.05) is 20.2 Å². The van der Waals surface area contributed by atoms with E-state index in [1.54, 1.807) is 13.3 Å². The maximum Gasteiger partial charge on any atom is 0.217 e. The number of nitrogens with zero attached hydrogens (tertiary/aromatic N) is 2. The molecule has 1 aromatic heterocycles. The Morgan fingerprint density at radius 3 is 3.17 bits per heavy atom. The van der Waals surface area contributed by atoms with Gasteiger partial charge >= 0.3 is 0 Å². The molecule has 2 heterocycles. The summed E-state index contributed by atoms with van der Waals surface area (Å²) in [6.07, 6.45) is 4.25. The molecule has 0 aromatic carbocycles.